The van der Waals surface area contributed by atoms with Gasteiger partial charge in [0.1, 0.15) is 0 Å². The Hall–Kier alpha value is -0.830. The number of aryl methyl sites for hydroxylation is 1. The highest BCUT2D eigenvalue weighted by Crippen LogP contribution is 2.18. The van der Waals surface area contributed by atoms with Gasteiger partial charge in [-0.05, 0) is 19.3 Å². The first-order valence-corrected chi connectivity index (χ1v) is 5.12. The molecule has 3 heteroatoms. The van der Waals surface area contributed by atoms with E-state index in [1.165, 1.54) is 25.0 Å². The molecule has 0 atom stereocenters. The lowest BCUT2D eigenvalue weighted by molar-refractivity contribution is 0.665. The van der Waals surface area contributed by atoms with Gasteiger partial charge in [0.25, 0.3) is 0 Å². The van der Waals surface area contributed by atoms with E-state index in [1.807, 2.05) is 6.33 Å². The highest BCUT2D eigenvalue weighted by Gasteiger charge is 2.20. The highest BCUT2D eigenvalue weighted by molar-refractivity contribution is 4.97. The second kappa shape index (κ2) is 3.92. The molecule has 2 rings (SSSR count). The third-order valence-corrected chi connectivity index (χ3v) is 2.32. The lowest BCUT2D eigenvalue weighted by atomic mass is 10.4. The predicted octanol–water partition coefficient (Wildman–Crippen LogP) is 1.55. The molecule has 13 heavy (non-hydrogen) atoms. The van der Waals surface area contributed by atoms with Gasteiger partial charge >= 0.3 is 0 Å². The molecule has 1 N–H and O–H groups in total. The van der Waals surface area contributed by atoms with Gasteiger partial charge in [0.05, 0.1) is 12.0 Å². The standard InChI is InChI=1S/C10H17N3/c1-2-5-13-7-10(12-8-13)6-11-9-3-4-9/h7-9,11H,2-6H2,1H3. The normalized spacial score (nSPS) is 16.4. The van der Waals surface area contributed by atoms with E-state index >= 15 is 0 Å². The molecule has 1 aliphatic carbocycles. The first-order valence-electron chi connectivity index (χ1n) is 5.12. The highest BCUT2D eigenvalue weighted by atomic mass is 15.1. The summed E-state index contributed by atoms with van der Waals surface area (Å²) in [7, 11) is 0. The summed E-state index contributed by atoms with van der Waals surface area (Å²) in [6.07, 6.45) is 7.92. The van der Waals surface area contributed by atoms with Gasteiger partial charge in [0.2, 0.25) is 0 Å². The van der Waals surface area contributed by atoms with Crippen LogP contribution in [0.1, 0.15) is 31.9 Å². The van der Waals surface area contributed by atoms with Crippen molar-refractivity contribution in [1.82, 2.24) is 14.9 Å². The van der Waals surface area contributed by atoms with Crippen molar-refractivity contribution >= 4 is 0 Å². The monoisotopic (exact) mass is 179 g/mol. The van der Waals surface area contributed by atoms with Crippen LogP contribution in [0.3, 0.4) is 0 Å². The molecule has 1 fully saturated rings. The molecule has 3 nitrogen and oxygen atoms in total. The zero-order chi connectivity index (χ0) is 9.10. The van der Waals surface area contributed by atoms with Crippen LogP contribution in [-0.4, -0.2) is 15.6 Å². The minimum absolute atomic E-state index is 0.774. The maximum atomic E-state index is 4.34. The number of hydrogen-bond donors (Lipinski definition) is 1. The van der Waals surface area contributed by atoms with Crippen molar-refractivity contribution in [2.45, 2.75) is 45.3 Å². The van der Waals surface area contributed by atoms with Crippen molar-refractivity contribution in [2.75, 3.05) is 0 Å². The maximum Gasteiger partial charge on any atom is 0.0949 e. The van der Waals surface area contributed by atoms with E-state index in [2.05, 4.69) is 28.0 Å². The number of imidazole rings is 1. The fourth-order valence-corrected chi connectivity index (χ4v) is 1.41. The van der Waals surface area contributed by atoms with E-state index in [1.54, 1.807) is 0 Å². The van der Waals surface area contributed by atoms with Crippen molar-refractivity contribution in [3.8, 4) is 0 Å². The molecule has 0 aliphatic heterocycles. The van der Waals surface area contributed by atoms with Crippen LogP contribution >= 0.6 is 0 Å². The van der Waals surface area contributed by atoms with Crippen molar-refractivity contribution < 1.29 is 0 Å². The van der Waals surface area contributed by atoms with Crippen LogP contribution in [0.15, 0.2) is 12.5 Å². The summed E-state index contributed by atoms with van der Waals surface area (Å²) >= 11 is 0. The van der Waals surface area contributed by atoms with Crippen molar-refractivity contribution in [1.29, 1.82) is 0 Å². The number of hydrogen-bond acceptors (Lipinski definition) is 2. The molecule has 0 bridgehead atoms. The Morgan fingerprint density at radius 3 is 3.15 bits per heavy atom. The van der Waals surface area contributed by atoms with E-state index < -0.39 is 0 Å². The molecule has 0 spiro atoms. The molecule has 1 aliphatic rings. The lowest BCUT2D eigenvalue weighted by Crippen LogP contribution is -2.15. The van der Waals surface area contributed by atoms with E-state index in [0.717, 1.165) is 19.1 Å². The van der Waals surface area contributed by atoms with Crippen LogP contribution in [0.2, 0.25) is 0 Å². The van der Waals surface area contributed by atoms with Gasteiger partial charge in [-0.3, -0.25) is 0 Å². The van der Waals surface area contributed by atoms with Crippen LogP contribution in [-0.2, 0) is 13.1 Å². The van der Waals surface area contributed by atoms with Crippen LogP contribution in [0.4, 0.5) is 0 Å². The third kappa shape index (κ3) is 2.56. The summed E-state index contributed by atoms with van der Waals surface area (Å²) in [5.41, 5.74) is 1.17. The second-order valence-electron chi connectivity index (χ2n) is 3.76. The van der Waals surface area contributed by atoms with Gasteiger partial charge < -0.3 is 9.88 Å². The quantitative estimate of drug-likeness (QED) is 0.743. The molecular formula is C10H17N3. The molecular weight excluding hydrogens is 162 g/mol. The molecule has 1 aromatic rings. The fourth-order valence-electron chi connectivity index (χ4n) is 1.41. The maximum absolute atomic E-state index is 4.34. The SMILES string of the molecule is CCCn1cnc(CNC2CC2)c1. The van der Waals surface area contributed by atoms with Crippen molar-refractivity contribution in [2.24, 2.45) is 0 Å². The van der Waals surface area contributed by atoms with Crippen LogP contribution in [0.25, 0.3) is 0 Å². The molecule has 0 radical (unpaired) electrons. The molecule has 0 unspecified atom stereocenters. The summed E-state index contributed by atoms with van der Waals surface area (Å²) in [4.78, 5) is 4.34. The van der Waals surface area contributed by atoms with E-state index in [0.29, 0.717) is 0 Å². The Balaban J connectivity index is 1.81. The molecule has 0 saturated heterocycles. The van der Waals surface area contributed by atoms with Gasteiger partial charge in [-0.15, -0.1) is 0 Å². The Kier molecular flexibility index (Phi) is 2.64. The smallest absolute Gasteiger partial charge is 0.0949 e. The predicted molar refractivity (Wildman–Crippen MR) is 52.4 cm³/mol. The molecule has 1 saturated carbocycles. The number of rotatable bonds is 5. The number of aromatic nitrogens is 2. The minimum atomic E-state index is 0.774. The zero-order valence-electron chi connectivity index (χ0n) is 8.16. The number of nitrogens with zero attached hydrogens (tertiary/aromatic N) is 2. The number of nitrogens with one attached hydrogen (secondary N) is 1. The van der Waals surface area contributed by atoms with Gasteiger partial charge in [-0.2, -0.15) is 0 Å². The fraction of sp³-hybridized carbons (Fsp3) is 0.700. The Labute approximate surface area is 79.2 Å². The van der Waals surface area contributed by atoms with Crippen LogP contribution in [0, 0.1) is 0 Å². The Morgan fingerprint density at radius 2 is 2.46 bits per heavy atom. The van der Waals surface area contributed by atoms with Gasteiger partial charge in [0.15, 0.2) is 0 Å². The van der Waals surface area contributed by atoms with Crippen molar-refractivity contribution in [3.05, 3.63) is 18.2 Å². The zero-order valence-corrected chi connectivity index (χ0v) is 8.16. The van der Waals surface area contributed by atoms with Gasteiger partial charge in [-0.25, -0.2) is 4.98 Å². The van der Waals surface area contributed by atoms with Crippen molar-refractivity contribution in [3.63, 3.8) is 0 Å². The second-order valence-corrected chi connectivity index (χ2v) is 3.76. The average molecular weight is 179 g/mol. The van der Waals surface area contributed by atoms with Crippen LogP contribution < -0.4 is 5.32 Å². The molecule has 1 heterocycles. The van der Waals surface area contributed by atoms with Gasteiger partial charge in [-0.1, -0.05) is 6.92 Å². The van der Waals surface area contributed by atoms with Crippen LogP contribution in [0.5, 0.6) is 0 Å². The van der Waals surface area contributed by atoms with E-state index in [4.69, 9.17) is 0 Å². The molecule has 0 amide bonds. The third-order valence-electron chi connectivity index (χ3n) is 2.32. The largest absolute Gasteiger partial charge is 0.337 e. The molecule has 0 aromatic carbocycles. The summed E-state index contributed by atoms with van der Waals surface area (Å²) in [5, 5.41) is 3.45. The summed E-state index contributed by atoms with van der Waals surface area (Å²) in [5.74, 6) is 0. The molecule has 1 aromatic heterocycles. The Bertz CT molecular complexity index is 263. The summed E-state index contributed by atoms with van der Waals surface area (Å²) in [6.45, 7) is 4.19. The average Bonchev–Trinajstić information content (AvgIpc) is 2.85. The lowest BCUT2D eigenvalue weighted by Gasteiger charge is -1.98. The van der Waals surface area contributed by atoms with E-state index in [9.17, 15) is 0 Å². The minimum Gasteiger partial charge on any atom is -0.337 e. The topological polar surface area (TPSA) is 29.9 Å². The molecule has 72 valence electrons. The Morgan fingerprint density at radius 1 is 1.62 bits per heavy atom. The summed E-state index contributed by atoms with van der Waals surface area (Å²) < 4.78 is 2.16. The van der Waals surface area contributed by atoms with E-state index in [-0.39, 0.29) is 0 Å². The first kappa shape index (κ1) is 8.75. The first-order chi connectivity index (χ1) is 6.38. The van der Waals surface area contributed by atoms with Gasteiger partial charge in [0, 0.05) is 25.3 Å². The summed E-state index contributed by atoms with van der Waals surface area (Å²) in [6, 6.07) is 0.774.